The van der Waals surface area contributed by atoms with Crippen molar-refractivity contribution in [2.45, 2.75) is 25.9 Å². The molecule has 1 amide bonds. The Kier molecular flexibility index (Phi) is 5.20. The lowest BCUT2D eigenvalue weighted by Gasteiger charge is -2.37. The van der Waals surface area contributed by atoms with Crippen molar-refractivity contribution in [3.05, 3.63) is 65.7 Å². The molecule has 1 fully saturated rings. The first kappa shape index (κ1) is 16.6. The molecule has 126 valence electrons. The molecule has 24 heavy (non-hydrogen) atoms. The molecule has 4 nitrogen and oxygen atoms in total. The monoisotopic (exact) mass is 327 g/mol. The second-order valence-corrected chi connectivity index (χ2v) is 6.43. The number of likely N-dealkylation sites (tertiary alicyclic amines) is 1. The van der Waals surface area contributed by atoms with Crippen molar-refractivity contribution in [2.24, 2.45) is 5.92 Å². The summed E-state index contributed by atoms with van der Waals surface area (Å²) in [6, 6.07) is 13.2. The van der Waals surface area contributed by atoms with Crippen molar-refractivity contribution in [2.75, 3.05) is 13.1 Å². The molecule has 5 heteroatoms. The van der Waals surface area contributed by atoms with E-state index in [0.29, 0.717) is 11.5 Å². The number of carbonyl (C=O) groups excluding carboxylic acids is 1. The summed E-state index contributed by atoms with van der Waals surface area (Å²) in [4.78, 5) is 18.2. The molecular formula is C19H22FN3O. The van der Waals surface area contributed by atoms with E-state index in [1.54, 1.807) is 0 Å². The van der Waals surface area contributed by atoms with Gasteiger partial charge in [0, 0.05) is 43.5 Å². The SMILES string of the molecule is C[C@H]1CN(Cc2ccccc2)CC[C@@H]1NC(=O)c1ccnc(F)c1. The predicted octanol–water partition coefficient (Wildman–Crippen LogP) is 2.86. The number of benzene rings is 1. The van der Waals surface area contributed by atoms with Gasteiger partial charge in [-0.3, -0.25) is 9.69 Å². The van der Waals surface area contributed by atoms with Crippen molar-refractivity contribution < 1.29 is 9.18 Å². The summed E-state index contributed by atoms with van der Waals surface area (Å²) >= 11 is 0. The smallest absolute Gasteiger partial charge is 0.251 e. The molecule has 1 saturated heterocycles. The Hall–Kier alpha value is -2.27. The Morgan fingerprint density at radius 1 is 1.33 bits per heavy atom. The molecule has 1 aromatic carbocycles. The van der Waals surface area contributed by atoms with E-state index in [0.717, 1.165) is 26.1 Å². The molecule has 1 N–H and O–H groups in total. The standard InChI is InChI=1S/C19H22FN3O/c1-14-12-23(13-15-5-3-2-4-6-15)10-8-17(14)22-19(24)16-7-9-21-18(20)11-16/h2-7,9,11,14,17H,8,10,12-13H2,1H3,(H,22,24)/t14-,17-/m0/s1. The molecule has 0 radical (unpaired) electrons. The number of nitrogens with one attached hydrogen (secondary N) is 1. The van der Waals surface area contributed by atoms with E-state index < -0.39 is 5.95 Å². The summed E-state index contributed by atoms with van der Waals surface area (Å²) in [6.45, 7) is 4.95. The fourth-order valence-corrected chi connectivity index (χ4v) is 3.23. The minimum absolute atomic E-state index is 0.112. The maximum absolute atomic E-state index is 13.1. The molecule has 2 heterocycles. The van der Waals surface area contributed by atoms with Crippen LogP contribution in [0.2, 0.25) is 0 Å². The van der Waals surface area contributed by atoms with Gasteiger partial charge >= 0.3 is 0 Å². The zero-order valence-corrected chi connectivity index (χ0v) is 13.8. The van der Waals surface area contributed by atoms with Crippen LogP contribution in [0.1, 0.15) is 29.3 Å². The molecule has 2 aromatic rings. The third-order valence-corrected chi connectivity index (χ3v) is 4.54. The van der Waals surface area contributed by atoms with E-state index in [1.807, 2.05) is 6.07 Å². The molecule has 0 bridgehead atoms. The molecule has 2 atom stereocenters. The van der Waals surface area contributed by atoms with Gasteiger partial charge < -0.3 is 5.32 Å². The van der Waals surface area contributed by atoms with E-state index in [1.165, 1.54) is 23.9 Å². The van der Waals surface area contributed by atoms with Crippen LogP contribution in [-0.2, 0) is 6.54 Å². The summed E-state index contributed by atoms with van der Waals surface area (Å²) in [5.41, 5.74) is 1.63. The first-order valence-electron chi connectivity index (χ1n) is 8.30. The highest BCUT2D eigenvalue weighted by Gasteiger charge is 2.27. The molecule has 0 saturated carbocycles. The largest absolute Gasteiger partial charge is 0.349 e. The molecule has 1 aliphatic rings. The van der Waals surface area contributed by atoms with E-state index in [9.17, 15) is 9.18 Å². The highest BCUT2D eigenvalue weighted by molar-refractivity contribution is 5.94. The second kappa shape index (κ2) is 7.53. The van der Waals surface area contributed by atoms with Crippen molar-refractivity contribution in [1.29, 1.82) is 0 Å². The van der Waals surface area contributed by atoms with Gasteiger partial charge in [-0.1, -0.05) is 37.3 Å². The molecule has 1 aliphatic heterocycles. The van der Waals surface area contributed by atoms with Crippen LogP contribution in [0.25, 0.3) is 0 Å². The summed E-state index contributed by atoms with van der Waals surface area (Å²) in [6.07, 6.45) is 2.21. The first-order chi connectivity index (χ1) is 11.6. The highest BCUT2D eigenvalue weighted by atomic mass is 19.1. The van der Waals surface area contributed by atoms with Crippen LogP contribution in [0.5, 0.6) is 0 Å². The van der Waals surface area contributed by atoms with Gasteiger partial charge in [0.25, 0.3) is 5.91 Å². The van der Waals surface area contributed by atoms with Gasteiger partial charge in [-0.2, -0.15) is 4.39 Å². The number of aromatic nitrogens is 1. The highest BCUT2D eigenvalue weighted by Crippen LogP contribution is 2.19. The topological polar surface area (TPSA) is 45.2 Å². The van der Waals surface area contributed by atoms with Crippen LogP contribution in [0.3, 0.4) is 0 Å². The Balaban J connectivity index is 1.55. The fourth-order valence-electron chi connectivity index (χ4n) is 3.23. The van der Waals surface area contributed by atoms with E-state index in [4.69, 9.17) is 0 Å². The van der Waals surface area contributed by atoms with Crippen LogP contribution in [0.15, 0.2) is 48.7 Å². The lowest BCUT2D eigenvalue weighted by atomic mass is 9.93. The number of halogens is 1. The van der Waals surface area contributed by atoms with Crippen molar-refractivity contribution in [3.8, 4) is 0 Å². The van der Waals surface area contributed by atoms with E-state index >= 15 is 0 Å². The Bertz CT molecular complexity index is 692. The number of nitrogens with zero attached hydrogens (tertiary/aromatic N) is 2. The second-order valence-electron chi connectivity index (χ2n) is 6.43. The van der Waals surface area contributed by atoms with Gasteiger partial charge in [-0.15, -0.1) is 0 Å². The zero-order chi connectivity index (χ0) is 16.9. The summed E-state index contributed by atoms with van der Waals surface area (Å²) in [7, 11) is 0. The van der Waals surface area contributed by atoms with Gasteiger partial charge in [-0.05, 0) is 24.0 Å². The Morgan fingerprint density at radius 2 is 2.12 bits per heavy atom. The fraction of sp³-hybridized carbons (Fsp3) is 0.368. The third-order valence-electron chi connectivity index (χ3n) is 4.54. The van der Waals surface area contributed by atoms with Gasteiger partial charge in [-0.25, -0.2) is 4.98 Å². The molecule has 0 aliphatic carbocycles. The van der Waals surface area contributed by atoms with Gasteiger partial charge in [0.15, 0.2) is 0 Å². The maximum atomic E-state index is 13.1. The summed E-state index contributed by atoms with van der Waals surface area (Å²) in [5.74, 6) is -0.517. The lowest BCUT2D eigenvalue weighted by molar-refractivity contribution is 0.0860. The number of amides is 1. The number of rotatable bonds is 4. The number of hydrogen-bond acceptors (Lipinski definition) is 3. The minimum atomic E-state index is -0.631. The van der Waals surface area contributed by atoms with Gasteiger partial charge in [0.05, 0.1) is 0 Å². The van der Waals surface area contributed by atoms with Crippen LogP contribution >= 0.6 is 0 Å². The molecule has 0 unspecified atom stereocenters. The number of carbonyl (C=O) groups is 1. The number of pyridine rings is 1. The minimum Gasteiger partial charge on any atom is -0.349 e. The van der Waals surface area contributed by atoms with Crippen LogP contribution in [-0.4, -0.2) is 34.9 Å². The summed E-state index contributed by atoms with van der Waals surface area (Å²) < 4.78 is 13.1. The quantitative estimate of drug-likeness (QED) is 0.878. The van der Waals surface area contributed by atoms with Crippen molar-refractivity contribution >= 4 is 5.91 Å². The number of piperidine rings is 1. The number of hydrogen-bond donors (Lipinski definition) is 1. The van der Waals surface area contributed by atoms with Gasteiger partial charge in [0.2, 0.25) is 5.95 Å². The van der Waals surface area contributed by atoms with Gasteiger partial charge in [0.1, 0.15) is 0 Å². The normalized spacial score (nSPS) is 21.4. The molecule has 3 rings (SSSR count). The Labute approximate surface area is 141 Å². The zero-order valence-electron chi connectivity index (χ0n) is 13.8. The van der Waals surface area contributed by atoms with Crippen molar-refractivity contribution in [1.82, 2.24) is 15.2 Å². The lowest BCUT2D eigenvalue weighted by Crippen LogP contribution is -2.49. The maximum Gasteiger partial charge on any atom is 0.251 e. The molecular weight excluding hydrogens is 305 g/mol. The first-order valence-corrected chi connectivity index (χ1v) is 8.30. The van der Waals surface area contributed by atoms with Crippen molar-refractivity contribution in [3.63, 3.8) is 0 Å². The average Bonchev–Trinajstić information content (AvgIpc) is 2.58. The van der Waals surface area contributed by atoms with Crippen LogP contribution in [0.4, 0.5) is 4.39 Å². The molecule has 0 spiro atoms. The average molecular weight is 327 g/mol. The third kappa shape index (κ3) is 4.17. The Morgan fingerprint density at radius 3 is 2.83 bits per heavy atom. The summed E-state index contributed by atoms with van der Waals surface area (Å²) in [5, 5.41) is 3.04. The van der Waals surface area contributed by atoms with E-state index in [2.05, 4.69) is 46.4 Å². The van der Waals surface area contributed by atoms with E-state index in [-0.39, 0.29) is 11.9 Å². The van der Waals surface area contributed by atoms with Crippen LogP contribution in [0, 0.1) is 11.9 Å². The predicted molar refractivity (Wildman–Crippen MR) is 90.9 cm³/mol. The molecule has 1 aromatic heterocycles. The van der Waals surface area contributed by atoms with Crippen LogP contribution < -0.4 is 5.32 Å².